The number of carbonyl (C=O) groups excluding carboxylic acids is 2. The zero-order valence-electron chi connectivity index (χ0n) is 14.8. The molecule has 136 valence electrons. The number of hydrogen-bond donors (Lipinski definition) is 2. The van der Waals surface area contributed by atoms with E-state index < -0.39 is 11.9 Å². The molecule has 3 rings (SSSR count). The van der Waals surface area contributed by atoms with Gasteiger partial charge >= 0.3 is 5.97 Å². The van der Waals surface area contributed by atoms with Crippen LogP contribution in [0.25, 0.3) is 0 Å². The third kappa shape index (κ3) is 4.92. The van der Waals surface area contributed by atoms with E-state index in [0.29, 0.717) is 23.4 Å². The van der Waals surface area contributed by atoms with Crippen LogP contribution < -0.4 is 10.8 Å². The summed E-state index contributed by atoms with van der Waals surface area (Å²) in [6.45, 7) is 2.43. The zero-order valence-corrected chi connectivity index (χ0v) is 14.8. The number of hydrogen-bond acceptors (Lipinski definition) is 5. The third-order valence-electron chi connectivity index (χ3n) is 3.90. The van der Waals surface area contributed by atoms with Crippen molar-refractivity contribution in [2.75, 3.05) is 5.32 Å². The molecule has 2 N–H and O–H groups in total. The molecular formula is C21H19N3O3. The number of anilines is 1. The lowest BCUT2D eigenvalue weighted by atomic mass is 10.1. The molecule has 0 radical (unpaired) electrons. The number of benzene rings is 2. The van der Waals surface area contributed by atoms with Crippen LogP contribution in [0.1, 0.15) is 31.8 Å². The highest BCUT2D eigenvalue weighted by molar-refractivity contribution is 6.00. The van der Waals surface area contributed by atoms with Crippen LogP contribution in [-0.4, -0.2) is 16.9 Å². The summed E-state index contributed by atoms with van der Waals surface area (Å²) in [7, 11) is 0. The van der Waals surface area contributed by atoms with Crippen molar-refractivity contribution < 1.29 is 14.4 Å². The number of nitrogens with zero attached hydrogens (tertiary/aromatic N) is 1. The largest absolute Gasteiger partial charge is 0.380 e. The first-order valence-corrected chi connectivity index (χ1v) is 8.43. The summed E-state index contributed by atoms with van der Waals surface area (Å²) in [5.41, 5.74) is 5.58. The van der Waals surface area contributed by atoms with E-state index in [1.54, 1.807) is 48.8 Å². The first-order valence-electron chi connectivity index (χ1n) is 8.43. The first kappa shape index (κ1) is 18.1. The van der Waals surface area contributed by atoms with Gasteiger partial charge in [0.05, 0.1) is 11.1 Å². The molecular weight excluding hydrogens is 342 g/mol. The quantitative estimate of drug-likeness (QED) is 0.680. The molecule has 0 bridgehead atoms. The van der Waals surface area contributed by atoms with Crippen molar-refractivity contribution in [1.82, 2.24) is 10.5 Å². The molecule has 0 spiro atoms. The minimum Gasteiger partial charge on any atom is -0.380 e. The van der Waals surface area contributed by atoms with E-state index in [4.69, 9.17) is 4.84 Å². The lowest BCUT2D eigenvalue weighted by molar-refractivity contribution is 0.0230. The average Bonchev–Trinajstić information content (AvgIpc) is 2.72. The van der Waals surface area contributed by atoms with Gasteiger partial charge in [-0.05, 0) is 48.9 Å². The Kier molecular flexibility index (Phi) is 5.79. The van der Waals surface area contributed by atoms with E-state index in [9.17, 15) is 9.59 Å². The van der Waals surface area contributed by atoms with Crippen LogP contribution in [0.3, 0.4) is 0 Å². The van der Waals surface area contributed by atoms with Crippen LogP contribution in [-0.2, 0) is 11.4 Å². The van der Waals surface area contributed by atoms with Gasteiger partial charge in [0.25, 0.3) is 5.91 Å². The van der Waals surface area contributed by atoms with Gasteiger partial charge in [-0.15, -0.1) is 0 Å². The van der Waals surface area contributed by atoms with Crippen molar-refractivity contribution >= 4 is 17.6 Å². The summed E-state index contributed by atoms with van der Waals surface area (Å²) in [4.78, 5) is 33.4. The van der Waals surface area contributed by atoms with Gasteiger partial charge in [0.1, 0.15) is 0 Å². The predicted molar refractivity (Wildman–Crippen MR) is 102 cm³/mol. The number of pyridine rings is 1. The Labute approximate surface area is 157 Å². The molecule has 0 fully saturated rings. The molecule has 0 saturated heterocycles. The Balaban J connectivity index is 1.68. The van der Waals surface area contributed by atoms with Gasteiger partial charge in [-0.2, -0.15) is 5.48 Å². The maximum absolute atomic E-state index is 12.5. The van der Waals surface area contributed by atoms with Crippen molar-refractivity contribution in [3.8, 4) is 0 Å². The molecule has 27 heavy (non-hydrogen) atoms. The fourth-order valence-corrected chi connectivity index (χ4v) is 2.48. The fourth-order valence-electron chi connectivity index (χ4n) is 2.48. The highest BCUT2D eigenvalue weighted by Crippen LogP contribution is 2.18. The van der Waals surface area contributed by atoms with Gasteiger partial charge in [-0.25, -0.2) is 4.79 Å². The number of hydroxylamine groups is 1. The van der Waals surface area contributed by atoms with Crippen LogP contribution >= 0.6 is 0 Å². The molecule has 3 aromatic rings. The molecule has 6 nitrogen and oxygen atoms in total. The number of rotatable bonds is 5. The molecule has 0 aliphatic carbocycles. The molecule has 2 aromatic carbocycles. The van der Waals surface area contributed by atoms with Crippen molar-refractivity contribution in [3.63, 3.8) is 0 Å². The smallest absolute Gasteiger partial charge is 0.362 e. The zero-order chi connectivity index (χ0) is 19.1. The van der Waals surface area contributed by atoms with Crippen molar-refractivity contribution in [2.24, 2.45) is 0 Å². The molecule has 0 aliphatic heterocycles. The molecule has 1 aromatic heterocycles. The lowest BCUT2D eigenvalue weighted by Crippen LogP contribution is -2.28. The van der Waals surface area contributed by atoms with E-state index in [1.165, 1.54) is 0 Å². The SMILES string of the molecule is Cc1ccc(NCc2ccncc2)c(C(=O)NOC(=O)c2ccccc2)c1. The molecule has 0 saturated carbocycles. The Morgan fingerprint density at radius 2 is 1.74 bits per heavy atom. The van der Waals surface area contributed by atoms with Gasteiger partial charge in [0.2, 0.25) is 0 Å². The average molecular weight is 361 g/mol. The number of carbonyl (C=O) groups is 2. The summed E-state index contributed by atoms with van der Waals surface area (Å²) >= 11 is 0. The van der Waals surface area contributed by atoms with E-state index in [1.807, 2.05) is 31.2 Å². The molecule has 6 heteroatoms. The summed E-state index contributed by atoms with van der Waals surface area (Å²) in [6, 6.07) is 17.7. The first-order chi connectivity index (χ1) is 13.1. The van der Waals surface area contributed by atoms with Crippen molar-refractivity contribution in [2.45, 2.75) is 13.5 Å². The minimum absolute atomic E-state index is 0.359. The van der Waals surface area contributed by atoms with Crippen LogP contribution in [0.4, 0.5) is 5.69 Å². The second kappa shape index (κ2) is 8.62. The topological polar surface area (TPSA) is 80.3 Å². The van der Waals surface area contributed by atoms with Crippen molar-refractivity contribution in [3.05, 3.63) is 95.3 Å². The third-order valence-corrected chi connectivity index (χ3v) is 3.90. The van der Waals surface area contributed by atoms with Gasteiger partial charge in [-0.3, -0.25) is 9.78 Å². The summed E-state index contributed by atoms with van der Waals surface area (Å²) in [6.07, 6.45) is 3.42. The Morgan fingerprint density at radius 1 is 1.00 bits per heavy atom. The normalized spacial score (nSPS) is 10.1. The minimum atomic E-state index is -0.622. The van der Waals surface area contributed by atoms with E-state index in [0.717, 1.165) is 11.1 Å². The molecule has 0 aliphatic rings. The summed E-state index contributed by atoms with van der Waals surface area (Å²) in [5.74, 6) is -1.12. The highest BCUT2D eigenvalue weighted by Gasteiger charge is 2.15. The molecule has 1 heterocycles. The van der Waals surface area contributed by atoms with Crippen LogP contribution in [0.2, 0.25) is 0 Å². The highest BCUT2D eigenvalue weighted by atomic mass is 16.7. The Morgan fingerprint density at radius 3 is 2.48 bits per heavy atom. The fraction of sp³-hybridized carbons (Fsp3) is 0.0952. The molecule has 1 amide bonds. The standard InChI is InChI=1S/C21H19N3O3/c1-15-7-8-19(23-14-16-9-11-22-12-10-16)18(13-15)20(25)24-27-21(26)17-5-3-2-4-6-17/h2-13,23H,14H2,1H3,(H,24,25). The summed E-state index contributed by atoms with van der Waals surface area (Å²) < 4.78 is 0. The molecule has 0 atom stereocenters. The maximum Gasteiger partial charge on any atom is 0.362 e. The number of amides is 1. The van der Waals surface area contributed by atoms with Crippen molar-refractivity contribution in [1.29, 1.82) is 0 Å². The maximum atomic E-state index is 12.5. The monoisotopic (exact) mass is 361 g/mol. The van der Waals surface area contributed by atoms with Crippen LogP contribution in [0.15, 0.2) is 73.1 Å². The van der Waals surface area contributed by atoms with E-state index in [2.05, 4.69) is 15.8 Å². The summed E-state index contributed by atoms with van der Waals surface area (Å²) in [5, 5.41) is 3.23. The second-order valence-electron chi connectivity index (χ2n) is 5.94. The van der Waals surface area contributed by atoms with Gasteiger partial charge in [0, 0.05) is 24.6 Å². The van der Waals surface area contributed by atoms with Gasteiger partial charge in [-0.1, -0.05) is 29.8 Å². The number of nitrogens with one attached hydrogen (secondary N) is 2. The Bertz CT molecular complexity index is 928. The number of aryl methyl sites for hydroxylation is 1. The van der Waals surface area contributed by atoms with E-state index in [-0.39, 0.29) is 0 Å². The van der Waals surface area contributed by atoms with Crippen LogP contribution in [0.5, 0.6) is 0 Å². The Hall–Kier alpha value is -3.67. The second-order valence-corrected chi connectivity index (χ2v) is 5.94. The lowest BCUT2D eigenvalue weighted by Gasteiger charge is -2.13. The van der Waals surface area contributed by atoms with E-state index >= 15 is 0 Å². The predicted octanol–water partition coefficient (Wildman–Crippen LogP) is 3.50. The molecule has 0 unspecified atom stereocenters. The van der Waals surface area contributed by atoms with Crippen LogP contribution in [0, 0.1) is 6.92 Å². The van der Waals surface area contributed by atoms with Gasteiger partial charge < -0.3 is 10.2 Å². The number of aromatic nitrogens is 1. The van der Waals surface area contributed by atoms with Gasteiger partial charge in [0.15, 0.2) is 0 Å².